The van der Waals surface area contributed by atoms with Crippen LogP contribution < -0.4 is 10.2 Å². The van der Waals surface area contributed by atoms with Gasteiger partial charge in [0.25, 0.3) is 5.91 Å². The zero-order valence-corrected chi connectivity index (χ0v) is 11.9. The van der Waals surface area contributed by atoms with Crippen molar-refractivity contribution in [2.45, 2.75) is 25.6 Å². The Morgan fingerprint density at radius 2 is 1.81 bits per heavy atom. The van der Waals surface area contributed by atoms with E-state index in [-0.39, 0.29) is 5.91 Å². The van der Waals surface area contributed by atoms with E-state index in [9.17, 15) is 9.90 Å². The minimum Gasteiger partial charge on any atom is -0.389 e. The lowest BCUT2D eigenvalue weighted by atomic mass is 10.0. The van der Waals surface area contributed by atoms with Crippen LogP contribution in [0.15, 0.2) is 54.6 Å². The largest absolute Gasteiger partial charge is 0.389 e. The molecular formula is C17H18N2O2. The SMILES string of the molecule is CCC(O)C1NC(=O)c2ccccc2N1c1ccccc1. The van der Waals surface area contributed by atoms with Crippen LogP contribution in [0.3, 0.4) is 0 Å². The van der Waals surface area contributed by atoms with Crippen molar-refractivity contribution in [1.29, 1.82) is 0 Å². The molecule has 0 saturated heterocycles. The lowest BCUT2D eigenvalue weighted by Crippen LogP contribution is -2.56. The number of aliphatic hydroxyl groups is 1. The Morgan fingerprint density at radius 3 is 2.52 bits per heavy atom. The van der Waals surface area contributed by atoms with E-state index in [2.05, 4.69) is 5.32 Å². The fourth-order valence-corrected chi connectivity index (χ4v) is 2.68. The molecule has 0 aliphatic carbocycles. The van der Waals surface area contributed by atoms with Crippen LogP contribution in [0.4, 0.5) is 11.4 Å². The number of hydrogen-bond donors (Lipinski definition) is 2. The van der Waals surface area contributed by atoms with Crippen LogP contribution in [-0.4, -0.2) is 23.3 Å². The van der Waals surface area contributed by atoms with Crippen LogP contribution in [0, 0.1) is 0 Å². The Kier molecular flexibility index (Phi) is 3.62. The molecule has 2 aromatic rings. The summed E-state index contributed by atoms with van der Waals surface area (Å²) in [4.78, 5) is 14.2. The first-order valence-electron chi connectivity index (χ1n) is 7.14. The van der Waals surface area contributed by atoms with Crippen LogP contribution in [-0.2, 0) is 0 Å². The van der Waals surface area contributed by atoms with Crippen molar-refractivity contribution in [2.75, 3.05) is 4.90 Å². The van der Waals surface area contributed by atoms with E-state index in [1.807, 2.05) is 60.4 Å². The maximum atomic E-state index is 12.2. The van der Waals surface area contributed by atoms with Gasteiger partial charge in [0.05, 0.1) is 17.4 Å². The second-order valence-corrected chi connectivity index (χ2v) is 5.12. The molecule has 3 rings (SSSR count). The fraction of sp³-hybridized carbons (Fsp3) is 0.235. The van der Waals surface area contributed by atoms with Gasteiger partial charge in [-0.15, -0.1) is 0 Å². The summed E-state index contributed by atoms with van der Waals surface area (Å²) in [6, 6.07) is 17.3. The second kappa shape index (κ2) is 5.58. The third kappa shape index (κ3) is 2.38. The Morgan fingerprint density at radius 1 is 1.14 bits per heavy atom. The Labute approximate surface area is 124 Å². The van der Waals surface area contributed by atoms with Crippen molar-refractivity contribution in [1.82, 2.24) is 5.32 Å². The summed E-state index contributed by atoms with van der Waals surface area (Å²) >= 11 is 0. The normalized spacial score (nSPS) is 18.9. The van der Waals surface area contributed by atoms with Gasteiger partial charge in [0.1, 0.15) is 6.17 Å². The van der Waals surface area contributed by atoms with E-state index in [1.165, 1.54) is 0 Å². The molecule has 108 valence electrons. The Balaban J connectivity index is 2.14. The van der Waals surface area contributed by atoms with E-state index >= 15 is 0 Å². The van der Waals surface area contributed by atoms with E-state index in [1.54, 1.807) is 6.07 Å². The van der Waals surface area contributed by atoms with E-state index in [0.717, 1.165) is 11.4 Å². The fourth-order valence-electron chi connectivity index (χ4n) is 2.68. The van der Waals surface area contributed by atoms with E-state index in [0.29, 0.717) is 12.0 Å². The molecule has 0 spiro atoms. The number of fused-ring (bicyclic) bond motifs is 1. The van der Waals surface area contributed by atoms with Crippen molar-refractivity contribution >= 4 is 17.3 Å². The van der Waals surface area contributed by atoms with Crippen LogP contribution >= 0.6 is 0 Å². The van der Waals surface area contributed by atoms with Crippen LogP contribution in [0.5, 0.6) is 0 Å². The van der Waals surface area contributed by atoms with E-state index < -0.39 is 12.3 Å². The molecule has 0 aromatic heterocycles. The molecule has 0 bridgehead atoms. The van der Waals surface area contributed by atoms with Crippen molar-refractivity contribution < 1.29 is 9.90 Å². The number of rotatable bonds is 3. The lowest BCUT2D eigenvalue weighted by Gasteiger charge is -2.41. The maximum absolute atomic E-state index is 12.2. The lowest BCUT2D eigenvalue weighted by molar-refractivity contribution is 0.0812. The standard InChI is InChI=1S/C17H18N2O2/c1-2-15(20)16-18-17(21)13-10-6-7-11-14(13)19(16)12-8-4-3-5-9-12/h3-11,15-16,20H,2H2,1H3,(H,18,21). The molecule has 1 amide bonds. The summed E-state index contributed by atoms with van der Waals surface area (Å²) in [5.41, 5.74) is 2.40. The smallest absolute Gasteiger partial charge is 0.255 e. The molecule has 2 unspecified atom stereocenters. The monoisotopic (exact) mass is 282 g/mol. The third-order valence-corrected chi connectivity index (χ3v) is 3.78. The summed E-state index contributed by atoms with van der Waals surface area (Å²) < 4.78 is 0. The first kappa shape index (κ1) is 13.6. The number of anilines is 2. The average molecular weight is 282 g/mol. The number of amides is 1. The van der Waals surface area contributed by atoms with Crippen molar-refractivity contribution in [2.24, 2.45) is 0 Å². The minimum absolute atomic E-state index is 0.143. The summed E-state index contributed by atoms with van der Waals surface area (Å²) in [6.45, 7) is 1.90. The number of nitrogens with one attached hydrogen (secondary N) is 1. The topological polar surface area (TPSA) is 52.6 Å². The predicted octanol–water partition coefficient (Wildman–Crippen LogP) is 2.67. The van der Waals surface area contributed by atoms with Crippen LogP contribution in [0.2, 0.25) is 0 Å². The first-order chi connectivity index (χ1) is 10.2. The summed E-state index contributed by atoms with van der Waals surface area (Å²) in [5, 5.41) is 13.2. The number of aliphatic hydroxyl groups excluding tert-OH is 1. The number of nitrogens with zero attached hydrogens (tertiary/aromatic N) is 1. The zero-order valence-electron chi connectivity index (χ0n) is 11.9. The summed E-state index contributed by atoms with van der Waals surface area (Å²) in [5.74, 6) is -0.143. The van der Waals surface area contributed by atoms with Gasteiger partial charge in [0.15, 0.2) is 0 Å². The quantitative estimate of drug-likeness (QED) is 0.910. The van der Waals surface area contributed by atoms with Crippen LogP contribution in [0.1, 0.15) is 23.7 Å². The molecule has 0 saturated carbocycles. The van der Waals surface area contributed by atoms with Gasteiger partial charge in [-0.3, -0.25) is 4.79 Å². The highest BCUT2D eigenvalue weighted by Crippen LogP contribution is 2.34. The molecule has 4 nitrogen and oxygen atoms in total. The van der Waals surface area contributed by atoms with Crippen LogP contribution in [0.25, 0.3) is 0 Å². The van der Waals surface area contributed by atoms with Crippen molar-refractivity contribution in [3.63, 3.8) is 0 Å². The molecule has 1 aliphatic heterocycles. The van der Waals surface area contributed by atoms with Gasteiger partial charge in [-0.05, 0) is 30.7 Å². The van der Waals surface area contributed by atoms with Gasteiger partial charge < -0.3 is 15.3 Å². The number of benzene rings is 2. The highest BCUT2D eigenvalue weighted by Gasteiger charge is 2.35. The molecule has 1 aliphatic rings. The molecule has 1 heterocycles. The molecule has 4 heteroatoms. The molecule has 0 fully saturated rings. The van der Waals surface area contributed by atoms with Gasteiger partial charge in [0.2, 0.25) is 0 Å². The molecular weight excluding hydrogens is 264 g/mol. The first-order valence-corrected chi connectivity index (χ1v) is 7.14. The molecule has 21 heavy (non-hydrogen) atoms. The van der Waals surface area contributed by atoms with Crippen molar-refractivity contribution in [3.05, 3.63) is 60.2 Å². The maximum Gasteiger partial charge on any atom is 0.255 e. The molecule has 2 N–H and O–H groups in total. The molecule has 2 aromatic carbocycles. The van der Waals surface area contributed by atoms with Gasteiger partial charge >= 0.3 is 0 Å². The summed E-state index contributed by atoms with van der Waals surface area (Å²) in [6.07, 6.45) is -0.529. The third-order valence-electron chi connectivity index (χ3n) is 3.78. The highest BCUT2D eigenvalue weighted by molar-refractivity contribution is 6.03. The van der Waals surface area contributed by atoms with Gasteiger partial charge in [-0.2, -0.15) is 0 Å². The highest BCUT2D eigenvalue weighted by atomic mass is 16.3. The number of hydrogen-bond acceptors (Lipinski definition) is 3. The molecule has 0 radical (unpaired) electrons. The molecule has 2 atom stereocenters. The minimum atomic E-state index is -0.637. The summed E-state index contributed by atoms with van der Waals surface area (Å²) in [7, 11) is 0. The number of carbonyl (C=O) groups excluding carboxylic acids is 1. The number of carbonyl (C=O) groups is 1. The van der Waals surface area contributed by atoms with Gasteiger partial charge in [-0.25, -0.2) is 0 Å². The van der Waals surface area contributed by atoms with Gasteiger partial charge in [-0.1, -0.05) is 37.3 Å². The van der Waals surface area contributed by atoms with E-state index in [4.69, 9.17) is 0 Å². The Bertz CT molecular complexity index is 642. The second-order valence-electron chi connectivity index (χ2n) is 5.12. The average Bonchev–Trinajstić information content (AvgIpc) is 2.55. The number of para-hydroxylation sites is 2. The predicted molar refractivity (Wildman–Crippen MR) is 82.6 cm³/mol. The zero-order chi connectivity index (χ0) is 14.8. The van der Waals surface area contributed by atoms with Crippen molar-refractivity contribution in [3.8, 4) is 0 Å². The Hall–Kier alpha value is -2.33. The van der Waals surface area contributed by atoms with Gasteiger partial charge in [0, 0.05) is 5.69 Å².